The number of aryl methyl sites for hydroxylation is 1. The number of thiophene rings is 1. The number of pyridine rings is 1. The van der Waals surface area contributed by atoms with Crippen molar-refractivity contribution in [1.82, 2.24) is 19.9 Å². The summed E-state index contributed by atoms with van der Waals surface area (Å²) >= 11 is 1.86. The summed E-state index contributed by atoms with van der Waals surface area (Å²) < 4.78 is 10.7. The van der Waals surface area contributed by atoms with E-state index in [2.05, 4.69) is 22.1 Å². The van der Waals surface area contributed by atoms with E-state index in [1.165, 1.54) is 22.2 Å². The molecule has 1 atom stereocenters. The van der Waals surface area contributed by atoms with Crippen LogP contribution in [0.1, 0.15) is 35.2 Å². The number of morpholine rings is 1. The maximum atomic E-state index is 5.49. The quantitative estimate of drug-likeness (QED) is 0.628. The normalized spacial score (nSPS) is 19.4. The highest BCUT2D eigenvalue weighted by Gasteiger charge is 2.24. The maximum absolute atomic E-state index is 5.49. The number of hydrogen-bond acceptors (Lipinski definition) is 8. The first-order chi connectivity index (χ1) is 15.2. The van der Waals surface area contributed by atoms with Gasteiger partial charge in [0, 0.05) is 36.8 Å². The van der Waals surface area contributed by atoms with Crippen molar-refractivity contribution >= 4 is 27.4 Å². The average molecular weight is 440 g/mol. The van der Waals surface area contributed by atoms with Gasteiger partial charge in [-0.05, 0) is 36.3 Å². The molecular formula is C23H29N5O2S. The lowest BCUT2D eigenvalue weighted by atomic mass is 9.89. The van der Waals surface area contributed by atoms with Crippen LogP contribution in [0.25, 0.3) is 10.2 Å². The molecule has 1 saturated heterocycles. The smallest absolute Gasteiger partial charge is 0.212 e. The highest BCUT2D eigenvalue weighted by Crippen LogP contribution is 2.40. The number of aromatic nitrogens is 3. The van der Waals surface area contributed by atoms with E-state index >= 15 is 0 Å². The van der Waals surface area contributed by atoms with Gasteiger partial charge in [0.2, 0.25) is 5.88 Å². The molecule has 4 heterocycles. The number of nitrogens with zero attached hydrogens (tertiary/aromatic N) is 4. The topological polar surface area (TPSA) is 72.4 Å². The van der Waals surface area contributed by atoms with Gasteiger partial charge in [0.15, 0.2) is 0 Å². The van der Waals surface area contributed by atoms with Crippen molar-refractivity contribution in [3.63, 3.8) is 0 Å². The van der Waals surface area contributed by atoms with Crippen LogP contribution in [0.15, 0.2) is 18.3 Å². The third kappa shape index (κ3) is 4.51. The second kappa shape index (κ2) is 9.06. The van der Waals surface area contributed by atoms with Crippen molar-refractivity contribution in [3.8, 4) is 5.88 Å². The molecular weight excluding hydrogens is 410 g/mol. The van der Waals surface area contributed by atoms with Crippen LogP contribution in [-0.2, 0) is 30.7 Å². The summed E-state index contributed by atoms with van der Waals surface area (Å²) in [4.78, 5) is 19.3. The van der Waals surface area contributed by atoms with Crippen molar-refractivity contribution in [1.29, 1.82) is 0 Å². The Balaban J connectivity index is 1.46. The van der Waals surface area contributed by atoms with Gasteiger partial charge in [-0.2, -0.15) is 0 Å². The highest BCUT2D eigenvalue weighted by atomic mass is 32.1. The molecule has 1 aliphatic carbocycles. The van der Waals surface area contributed by atoms with Gasteiger partial charge in [0.05, 0.1) is 32.3 Å². The predicted octanol–water partition coefficient (Wildman–Crippen LogP) is 3.66. The Hall–Kier alpha value is -2.29. The lowest BCUT2D eigenvalue weighted by Gasteiger charge is -2.26. The van der Waals surface area contributed by atoms with Gasteiger partial charge in [-0.15, -0.1) is 11.3 Å². The fourth-order valence-corrected chi connectivity index (χ4v) is 5.77. The first-order valence-corrected chi connectivity index (χ1v) is 11.9. The minimum absolute atomic E-state index is 0.627. The summed E-state index contributed by atoms with van der Waals surface area (Å²) in [6, 6.07) is 3.93. The molecule has 7 nitrogen and oxygen atoms in total. The molecule has 1 N–H and O–H groups in total. The van der Waals surface area contributed by atoms with E-state index in [1.54, 1.807) is 7.11 Å². The van der Waals surface area contributed by atoms with Crippen LogP contribution >= 0.6 is 11.3 Å². The lowest BCUT2D eigenvalue weighted by molar-refractivity contribution is 0.0331. The van der Waals surface area contributed by atoms with Gasteiger partial charge in [-0.3, -0.25) is 4.90 Å². The SMILES string of the molecule is COc1ccc(CNc2nc(CN3CCOCC3)nc3sc4c(c23)CC[C@@H](C)C4)cn1. The van der Waals surface area contributed by atoms with Crippen molar-refractivity contribution in [2.75, 3.05) is 38.7 Å². The molecule has 3 aromatic heterocycles. The summed E-state index contributed by atoms with van der Waals surface area (Å²) in [5.74, 6) is 3.21. The second-order valence-electron chi connectivity index (χ2n) is 8.47. The van der Waals surface area contributed by atoms with Gasteiger partial charge < -0.3 is 14.8 Å². The summed E-state index contributed by atoms with van der Waals surface area (Å²) in [7, 11) is 1.63. The van der Waals surface area contributed by atoms with Gasteiger partial charge in [0.25, 0.3) is 0 Å². The first-order valence-electron chi connectivity index (χ1n) is 11.0. The molecule has 1 fully saturated rings. The summed E-state index contributed by atoms with van der Waals surface area (Å²) in [6.07, 6.45) is 5.35. The zero-order chi connectivity index (χ0) is 21.2. The van der Waals surface area contributed by atoms with Crippen LogP contribution < -0.4 is 10.1 Å². The Morgan fingerprint density at radius 1 is 1.26 bits per heavy atom. The van der Waals surface area contributed by atoms with Crippen LogP contribution in [0.4, 0.5) is 5.82 Å². The third-order valence-corrected chi connectivity index (χ3v) is 7.29. The number of methoxy groups -OCH3 is 1. The van der Waals surface area contributed by atoms with E-state index in [0.29, 0.717) is 12.4 Å². The fraction of sp³-hybridized carbons (Fsp3) is 0.522. The van der Waals surface area contributed by atoms with Crippen molar-refractivity contribution in [2.24, 2.45) is 5.92 Å². The van der Waals surface area contributed by atoms with Crippen LogP contribution in [0, 0.1) is 5.92 Å². The van der Waals surface area contributed by atoms with Crippen LogP contribution in [0.2, 0.25) is 0 Å². The molecule has 0 aromatic carbocycles. The molecule has 2 aliphatic rings. The van der Waals surface area contributed by atoms with Gasteiger partial charge in [-0.25, -0.2) is 15.0 Å². The Morgan fingerprint density at radius 2 is 2.13 bits per heavy atom. The molecule has 0 spiro atoms. The van der Waals surface area contributed by atoms with Gasteiger partial charge >= 0.3 is 0 Å². The summed E-state index contributed by atoms with van der Waals surface area (Å²) in [5.41, 5.74) is 2.55. The molecule has 0 bridgehead atoms. The minimum Gasteiger partial charge on any atom is -0.481 e. The fourth-order valence-electron chi connectivity index (χ4n) is 4.37. The Kier molecular flexibility index (Phi) is 6.02. The largest absolute Gasteiger partial charge is 0.481 e. The first kappa shape index (κ1) is 20.6. The average Bonchev–Trinajstić information content (AvgIpc) is 3.16. The third-order valence-electron chi connectivity index (χ3n) is 6.14. The second-order valence-corrected chi connectivity index (χ2v) is 9.55. The molecule has 5 rings (SSSR count). The summed E-state index contributed by atoms with van der Waals surface area (Å²) in [5, 5.41) is 4.82. The molecule has 8 heteroatoms. The molecule has 3 aromatic rings. The van der Waals surface area contributed by atoms with Crippen LogP contribution in [-0.4, -0.2) is 53.3 Å². The van der Waals surface area contributed by atoms with Gasteiger partial charge in [-0.1, -0.05) is 13.0 Å². The number of hydrogen-bond donors (Lipinski definition) is 1. The molecule has 0 amide bonds. The van der Waals surface area contributed by atoms with Crippen molar-refractivity contribution in [3.05, 3.63) is 40.2 Å². The van der Waals surface area contributed by atoms with E-state index in [9.17, 15) is 0 Å². The van der Waals surface area contributed by atoms with Crippen molar-refractivity contribution < 1.29 is 9.47 Å². The molecule has 0 radical (unpaired) electrons. The zero-order valence-corrected chi connectivity index (χ0v) is 19.0. The molecule has 164 valence electrons. The van der Waals surface area contributed by atoms with Crippen LogP contribution in [0.3, 0.4) is 0 Å². The number of ether oxygens (including phenoxy) is 2. The van der Waals surface area contributed by atoms with E-state index in [1.807, 2.05) is 29.7 Å². The van der Waals surface area contributed by atoms with Gasteiger partial charge in [0.1, 0.15) is 16.5 Å². The van der Waals surface area contributed by atoms with E-state index in [0.717, 1.165) is 73.6 Å². The number of fused-ring (bicyclic) bond motifs is 3. The summed E-state index contributed by atoms with van der Waals surface area (Å²) in [6.45, 7) is 7.20. The standard InChI is InChI=1S/C23H29N5O2S/c1-15-3-5-17-18(11-15)31-23-21(17)22(25-13-16-4-6-20(29-2)24-12-16)26-19(27-23)14-28-7-9-30-10-8-28/h4,6,12,15H,3,5,7-11,13-14H2,1-2H3,(H,25,26,27)/t15-/m1/s1. The molecule has 1 aliphatic heterocycles. The zero-order valence-electron chi connectivity index (χ0n) is 18.2. The number of nitrogens with one attached hydrogen (secondary N) is 1. The van der Waals surface area contributed by atoms with E-state index < -0.39 is 0 Å². The number of anilines is 1. The Bertz CT molecular complexity index is 1050. The van der Waals surface area contributed by atoms with E-state index in [-0.39, 0.29) is 0 Å². The minimum atomic E-state index is 0.627. The van der Waals surface area contributed by atoms with Crippen LogP contribution in [0.5, 0.6) is 5.88 Å². The Morgan fingerprint density at radius 3 is 2.90 bits per heavy atom. The number of rotatable bonds is 6. The van der Waals surface area contributed by atoms with Crippen molar-refractivity contribution in [2.45, 2.75) is 39.3 Å². The Labute approximate surface area is 186 Å². The molecule has 0 unspecified atom stereocenters. The highest BCUT2D eigenvalue weighted by molar-refractivity contribution is 7.19. The maximum Gasteiger partial charge on any atom is 0.212 e. The molecule has 31 heavy (non-hydrogen) atoms. The monoisotopic (exact) mass is 439 g/mol. The lowest BCUT2D eigenvalue weighted by Crippen LogP contribution is -2.36. The predicted molar refractivity (Wildman–Crippen MR) is 123 cm³/mol. The molecule has 0 saturated carbocycles. The van der Waals surface area contributed by atoms with E-state index in [4.69, 9.17) is 19.4 Å².